The number of carbonyl (C=O) groups is 1. The van der Waals surface area contributed by atoms with E-state index in [1.807, 2.05) is 55.9 Å². The normalized spacial score (nSPS) is 14.6. The van der Waals surface area contributed by atoms with Crippen molar-refractivity contribution < 1.29 is 31.8 Å². The van der Waals surface area contributed by atoms with Gasteiger partial charge in [-0.1, -0.05) is 18.7 Å². The van der Waals surface area contributed by atoms with Crippen LogP contribution >= 0.6 is 11.3 Å². The second-order valence-electron chi connectivity index (χ2n) is 11.3. The summed E-state index contributed by atoms with van der Waals surface area (Å²) in [5.41, 5.74) is 3.73. The Kier molecular flexibility index (Phi) is 8.21. The van der Waals surface area contributed by atoms with Crippen molar-refractivity contribution in [2.45, 2.75) is 26.1 Å². The molecule has 2 aromatic carbocycles. The van der Waals surface area contributed by atoms with Gasteiger partial charge >= 0.3 is 6.61 Å². The maximum absolute atomic E-state index is 16.0. The maximum atomic E-state index is 16.0. The SMILES string of the molecule is C=CC(=O)N1CCn2nc(-c3nc(-c4ccc5cn(C)nc5c4)c4ccsc4c3-c3c(F)cc(F)cc3OCCOC(F)F)cc2[C@H]1C. The van der Waals surface area contributed by atoms with E-state index in [2.05, 4.69) is 16.4 Å². The number of carbonyl (C=O) groups excluding carboxylic acids is 1. The molecule has 48 heavy (non-hydrogen) atoms. The number of amides is 1. The number of hydrogen-bond donors (Lipinski definition) is 0. The van der Waals surface area contributed by atoms with Crippen LogP contribution in [0.4, 0.5) is 17.6 Å². The van der Waals surface area contributed by atoms with Gasteiger partial charge in [0, 0.05) is 58.5 Å². The van der Waals surface area contributed by atoms with Gasteiger partial charge in [0.2, 0.25) is 5.91 Å². The monoisotopic (exact) mass is 676 g/mol. The molecule has 0 spiro atoms. The Labute approximate surface area is 275 Å². The van der Waals surface area contributed by atoms with Gasteiger partial charge in [-0.05, 0) is 36.6 Å². The van der Waals surface area contributed by atoms with Crippen LogP contribution in [-0.4, -0.2) is 61.7 Å². The Balaban J connectivity index is 1.47. The van der Waals surface area contributed by atoms with E-state index in [0.717, 1.165) is 34.3 Å². The molecule has 0 unspecified atom stereocenters. The molecule has 0 radical (unpaired) electrons. The molecule has 6 aromatic rings. The van der Waals surface area contributed by atoms with Crippen LogP contribution in [0.25, 0.3) is 54.8 Å². The molecule has 0 aliphatic carbocycles. The lowest BCUT2D eigenvalue weighted by Crippen LogP contribution is -2.40. The van der Waals surface area contributed by atoms with Crippen molar-refractivity contribution in [2.24, 2.45) is 7.05 Å². The number of hydrogen-bond acceptors (Lipinski definition) is 7. The van der Waals surface area contributed by atoms with Crippen LogP contribution in [0.1, 0.15) is 18.7 Å². The molecule has 5 heterocycles. The number of benzene rings is 2. The summed E-state index contributed by atoms with van der Waals surface area (Å²) in [6.45, 7) is 2.40. The highest BCUT2D eigenvalue weighted by atomic mass is 32.1. The highest BCUT2D eigenvalue weighted by Gasteiger charge is 2.31. The summed E-state index contributed by atoms with van der Waals surface area (Å²) >= 11 is 1.33. The molecule has 1 amide bonds. The number of aryl methyl sites for hydroxylation is 1. The van der Waals surface area contributed by atoms with Gasteiger partial charge in [0.25, 0.3) is 0 Å². The third kappa shape index (κ3) is 5.60. The Hall–Kier alpha value is -5.08. The zero-order chi connectivity index (χ0) is 33.7. The van der Waals surface area contributed by atoms with E-state index in [9.17, 15) is 18.0 Å². The van der Waals surface area contributed by atoms with Gasteiger partial charge in [-0.3, -0.25) is 14.2 Å². The summed E-state index contributed by atoms with van der Waals surface area (Å²) in [6, 6.07) is 10.9. The largest absolute Gasteiger partial charge is 0.490 e. The molecule has 246 valence electrons. The van der Waals surface area contributed by atoms with Gasteiger partial charge in [0.15, 0.2) is 0 Å². The van der Waals surface area contributed by atoms with E-state index in [0.29, 0.717) is 40.1 Å². The number of thiophene rings is 1. The molecule has 1 atom stereocenters. The average molecular weight is 677 g/mol. The summed E-state index contributed by atoms with van der Waals surface area (Å²) in [5, 5.41) is 12.9. The lowest BCUT2D eigenvalue weighted by Gasteiger charge is -2.33. The van der Waals surface area contributed by atoms with Gasteiger partial charge in [0.05, 0.1) is 41.7 Å². The molecule has 7 rings (SSSR count). The Morgan fingerprint density at radius 1 is 1.08 bits per heavy atom. The zero-order valence-corrected chi connectivity index (χ0v) is 26.6. The topological polar surface area (TPSA) is 87.3 Å². The third-order valence-electron chi connectivity index (χ3n) is 8.32. The molecule has 1 aliphatic rings. The molecule has 4 aromatic heterocycles. The second-order valence-corrected chi connectivity index (χ2v) is 12.2. The number of ether oxygens (including phenoxy) is 2. The van der Waals surface area contributed by atoms with Crippen molar-refractivity contribution in [3.05, 3.63) is 84.0 Å². The second kappa shape index (κ2) is 12.5. The van der Waals surface area contributed by atoms with Crippen LogP contribution in [-0.2, 0) is 23.1 Å². The number of nitrogens with zero attached hydrogens (tertiary/aromatic N) is 6. The lowest BCUT2D eigenvalue weighted by molar-refractivity contribution is -0.133. The van der Waals surface area contributed by atoms with Crippen LogP contribution in [0.2, 0.25) is 0 Å². The van der Waals surface area contributed by atoms with Gasteiger partial charge in [-0.2, -0.15) is 19.0 Å². The first-order valence-corrected chi connectivity index (χ1v) is 15.9. The molecule has 14 heteroatoms. The number of aromatic nitrogens is 5. The van der Waals surface area contributed by atoms with Crippen molar-refractivity contribution in [1.82, 2.24) is 29.4 Å². The Bertz CT molecular complexity index is 2210. The van der Waals surface area contributed by atoms with Crippen molar-refractivity contribution in [3.63, 3.8) is 0 Å². The van der Waals surface area contributed by atoms with Crippen LogP contribution < -0.4 is 4.74 Å². The molecule has 0 saturated carbocycles. The van der Waals surface area contributed by atoms with Crippen molar-refractivity contribution in [2.75, 3.05) is 19.8 Å². The number of fused-ring (bicyclic) bond motifs is 3. The quantitative estimate of drug-likeness (QED) is 0.0904. The predicted octanol–water partition coefficient (Wildman–Crippen LogP) is 7.37. The lowest BCUT2D eigenvalue weighted by atomic mass is 9.96. The van der Waals surface area contributed by atoms with Crippen molar-refractivity contribution in [1.29, 1.82) is 0 Å². The first-order chi connectivity index (χ1) is 23.1. The zero-order valence-electron chi connectivity index (χ0n) is 25.8. The van der Waals surface area contributed by atoms with E-state index in [4.69, 9.17) is 14.8 Å². The molecule has 0 saturated heterocycles. The maximum Gasteiger partial charge on any atom is 0.345 e. The van der Waals surface area contributed by atoms with Gasteiger partial charge in [-0.15, -0.1) is 11.3 Å². The number of alkyl halides is 2. The molecule has 0 N–H and O–H groups in total. The summed E-state index contributed by atoms with van der Waals surface area (Å²) in [7, 11) is 1.84. The van der Waals surface area contributed by atoms with E-state index >= 15 is 4.39 Å². The first-order valence-electron chi connectivity index (χ1n) is 15.0. The third-order valence-corrected chi connectivity index (χ3v) is 9.25. The van der Waals surface area contributed by atoms with Gasteiger partial charge in [-0.25, -0.2) is 13.8 Å². The van der Waals surface area contributed by atoms with Crippen molar-refractivity contribution >= 4 is 38.2 Å². The average Bonchev–Trinajstić information content (AvgIpc) is 3.80. The minimum atomic E-state index is -3.02. The Morgan fingerprint density at radius 3 is 2.71 bits per heavy atom. The van der Waals surface area contributed by atoms with E-state index < -0.39 is 24.9 Å². The van der Waals surface area contributed by atoms with E-state index in [-0.39, 0.29) is 35.6 Å². The number of rotatable bonds is 9. The fourth-order valence-corrected chi connectivity index (χ4v) is 7.13. The van der Waals surface area contributed by atoms with Crippen LogP contribution in [0.5, 0.6) is 5.75 Å². The molecule has 1 aliphatic heterocycles. The summed E-state index contributed by atoms with van der Waals surface area (Å²) in [6.07, 6.45) is 3.17. The van der Waals surface area contributed by atoms with Crippen LogP contribution in [0, 0.1) is 11.6 Å². The van der Waals surface area contributed by atoms with Gasteiger partial charge < -0.3 is 14.4 Å². The highest BCUT2D eigenvalue weighted by Crippen LogP contribution is 2.47. The molecular weight excluding hydrogens is 648 g/mol. The number of pyridine rings is 1. The van der Waals surface area contributed by atoms with Crippen LogP contribution in [0.15, 0.2) is 66.7 Å². The van der Waals surface area contributed by atoms with Gasteiger partial charge in [0.1, 0.15) is 35.4 Å². The minimum absolute atomic E-state index is 0.0994. The summed E-state index contributed by atoms with van der Waals surface area (Å²) in [5.74, 6) is -2.25. The predicted molar refractivity (Wildman–Crippen MR) is 174 cm³/mol. The summed E-state index contributed by atoms with van der Waals surface area (Å²) < 4.78 is 70.1. The highest BCUT2D eigenvalue weighted by molar-refractivity contribution is 7.18. The molecular formula is C34H28F4N6O3S. The number of halogens is 4. The molecule has 9 nitrogen and oxygen atoms in total. The Morgan fingerprint density at radius 2 is 1.92 bits per heavy atom. The fraction of sp³-hybridized carbons (Fsp3) is 0.235. The molecule has 0 fully saturated rings. The van der Waals surface area contributed by atoms with E-state index in [1.165, 1.54) is 17.4 Å². The smallest absolute Gasteiger partial charge is 0.345 e. The fourth-order valence-electron chi connectivity index (χ4n) is 6.18. The molecule has 0 bridgehead atoms. The standard InChI is InChI=1S/C34H28F4N6O3S/c1-4-28(45)43-8-9-44-26(18(43)2)16-25(41-44)32-30(29-23(36)14-21(35)15-27(29)46-10-11-47-34(37)38)33-22(7-12-48-33)31(39-32)19-5-6-20-17-42(3)40-24(20)13-19/h4-7,12-18,34H,1,8-11H2,2-3H3/t18-/m1/s1. The summed E-state index contributed by atoms with van der Waals surface area (Å²) in [4.78, 5) is 19.4. The van der Waals surface area contributed by atoms with Crippen LogP contribution in [0.3, 0.4) is 0 Å². The van der Waals surface area contributed by atoms with Crippen molar-refractivity contribution in [3.8, 4) is 39.5 Å². The minimum Gasteiger partial charge on any atom is -0.490 e. The van der Waals surface area contributed by atoms with E-state index in [1.54, 1.807) is 14.3 Å². The first kappa shape index (κ1) is 31.5.